The Morgan fingerprint density at radius 2 is 2.04 bits per heavy atom. The molecule has 1 N–H and O–H groups in total. The molecule has 0 spiro atoms. The van der Waals surface area contributed by atoms with E-state index in [-0.39, 0.29) is 17.6 Å². The van der Waals surface area contributed by atoms with Crippen molar-refractivity contribution in [2.75, 3.05) is 11.9 Å². The van der Waals surface area contributed by atoms with Crippen molar-refractivity contribution in [2.24, 2.45) is 0 Å². The Bertz CT molecular complexity index is 902. The largest absolute Gasteiger partial charge is 0.462 e. The molecule has 8 heteroatoms. The first-order valence-corrected chi connectivity index (χ1v) is 8.37. The van der Waals surface area contributed by atoms with Gasteiger partial charge in [-0.15, -0.1) is 0 Å². The average molecular weight is 357 g/mol. The Kier molecular flexibility index (Phi) is 4.90. The lowest BCUT2D eigenvalue weighted by atomic mass is 10.2. The molecule has 0 bridgehead atoms. The van der Waals surface area contributed by atoms with Gasteiger partial charge in [-0.1, -0.05) is 41.7 Å². The molecule has 0 atom stereocenters. The van der Waals surface area contributed by atoms with E-state index >= 15 is 0 Å². The molecule has 0 aliphatic heterocycles. The molecule has 0 saturated carbocycles. The van der Waals surface area contributed by atoms with Gasteiger partial charge in [0.2, 0.25) is 0 Å². The van der Waals surface area contributed by atoms with Crippen LogP contribution in [0, 0.1) is 6.92 Å². The first kappa shape index (κ1) is 16.8. The standard InChI is InChI=1S/C17H15N3O4S/c1-3-23-16(22)13-10(2)19-17(25-13)20-14(21)15-18-9-12(24-15)11-7-5-4-6-8-11/h4-9H,3H2,1-2H3,(H,19,20,21). The number of hydrogen-bond donors (Lipinski definition) is 1. The monoisotopic (exact) mass is 357 g/mol. The first-order chi connectivity index (χ1) is 12.1. The predicted octanol–water partition coefficient (Wildman–Crippen LogP) is 3.54. The van der Waals surface area contributed by atoms with Crippen LogP contribution in [0.3, 0.4) is 0 Å². The third kappa shape index (κ3) is 3.74. The molecule has 3 rings (SSSR count). The number of nitrogens with one attached hydrogen (secondary N) is 1. The van der Waals surface area contributed by atoms with Crippen LogP contribution >= 0.6 is 11.3 Å². The molecule has 128 valence electrons. The molecule has 3 aromatic rings. The topological polar surface area (TPSA) is 94.3 Å². The van der Waals surface area contributed by atoms with Gasteiger partial charge in [-0.3, -0.25) is 10.1 Å². The Labute approximate surface area is 147 Å². The second kappa shape index (κ2) is 7.27. The summed E-state index contributed by atoms with van der Waals surface area (Å²) in [4.78, 5) is 32.6. The average Bonchev–Trinajstić information content (AvgIpc) is 3.23. The van der Waals surface area contributed by atoms with E-state index in [1.807, 2.05) is 30.3 Å². The third-order valence-electron chi connectivity index (χ3n) is 3.24. The van der Waals surface area contributed by atoms with Gasteiger partial charge in [-0.25, -0.2) is 14.8 Å². The van der Waals surface area contributed by atoms with Gasteiger partial charge in [0.25, 0.3) is 5.89 Å². The minimum atomic E-state index is -0.536. The summed E-state index contributed by atoms with van der Waals surface area (Å²) in [6.07, 6.45) is 1.49. The number of oxazole rings is 1. The van der Waals surface area contributed by atoms with E-state index in [4.69, 9.17) is 9.15 Å². The molecular weight excluding hydrogens is 342 g/mol. The van der Waals surface area contributed by atoms with Crippen LogP contribution in [0.25, 0.3) is 11.3 Å². The van der Waals surface area contributed by atoms with E-state index < -0.39 is 11.9 Å². The van der Waals surface area contributed by atoms with Crippen molar-refractivity contribution in [3.8, 4) is 11.3 Å². The van der Waals surface area contributed by atoms with Crippen molar-refractivity contribution in [3.63, 3.8) is 0 Å². The lowest BCUT2D eigenvalue weighted by molar-refractivity contribution is 0.0531. The number of thiazole rings is 1. The van der Waals surface area contributed by atoms with Crippen LogP contribution in [0.5, 0.6) is 0 Å². The fraction of sp³-hybridized carbons (Fsp3) is 0.176. The summed E-state index contributed by atoms with van der Waals surface area (Å²) in [5, 5.41) is 2.87. The van der Waals surface area contributed by atoms with Gasteiger partial charge in [-0.2, -0.15) is 0 Å². The number of anilines is 1. The highest BCUT2D eigenvalue weighted by Crippen LogP contribution is 2.25. The van der Waals surface area contributed by atoms with Crippen LogP contribution in [-0.2, 0) is 4.74 Å². The zero-order chi connectivity index (χ0) is 17.8. The zero-order valence-electron chi connectivity index (χ0n) is 13.6. The van der Waals surface area contributed by atoms with E-state index in [1.165, 1.54) is 6.20 Å². The molecule has 25 heavy (non-hydrogen) atoms. The van der Waals surface area contributed by atoms with Crippen LogP contribution < -0.4 is 5.32 Å². The number of amides is 1. The lowest BCUT2D eigenvalue weighted by Crippen LogP contribution is -2.11. The number of aromatic nitrogens is 2. The normalized spacial score (nSPS) is 10.5. The number of ether oxygens (including phenoxy) is 1. The number of carbonyl (C=O) groups excluding carboxylic acids is 2. The Morgan fingerprint density at radius 1 is 1.28 bits per heavy atom. The Morgan fingerprint density at radius 3 is 2.76 bits per heavy atom. The predicted molar refractivity (Wildman–Crippen MR) is 92.7 cm³/mol. The van der Waals surface area contributed by atoms with Crippen molar-refractivity contribution in [3.05, 3.63) is 53.0 Å². The summed E-state index contributed by atoms with van der Waals surface area (Å²) in [6, 6.07) is 9.34. The van der Waals surface area contributed by atoms with Crippen molar-refractivity contribution in [1.82, 2.24) is 9.97 Å². The number of rotatable bonds is 5. The minimum Gasteiger partial charge on any atom is -0.462 e. The fourth-order valence-corrected chi connectivity index (χ4v) is 2.96. The van der Waals surface area contributed by atoms with E-state index in [1.54, 1.807) is 13.8 Å². The molecule has 0 unspecified atom stereocenters. The minimum absolute atomic E-state index is 0.0793. The lowest BCUT2D eigenvalue weighted by Gasteiger charge is -1.98. The smallest absolute Gasteiger partial charge is 0.350 e. The molecule has 7 nitrogen and oxygen atoms in total. The summed E-state index contributed by atoms with van der Waals surface area (Å²) in [7, 11) is 0. The molecule has 0 radical (unpaired) electrons. The second-order valence-corrected chi connectivity index (χ2v) is 6.00. The highest BCUT2D eigenvalue weighted by Gasteiger charge is 2.20. The van der Waals surface area contributed by atoms with Gasteiger partial charge < -0.3 is 9.15 Å². The summed E-state index contributed by atoms with van der Waals surface area (Å²) in [6.45, 7) is 3.68. The molecule has 2 aromatic heterocycles. The summed E-state index contributed by atoms with van der Waals surface area (Å²) >= 11 is 1.05. The Hall–Kier alpha value is -3.00. The number of benzene rings is 1. The number of carbonyl (C=O) groups is 2. The van der Waals surface area contributed by atoms with Crippen molar-refractivity contribution in [2.45, 2.75) is 13.8 Å². The second-order valence-electron chi connectivity index (χ2n) is 5.00. The molecule has 0 fully saturated rings. The molecule has 2 heterocycles. The van der Waals surface area contributed by atoms with E-state index in [9.17, 15) is 9.59 Å². The maximum atomic E-state index is 12.3. The summed E-state index contributed by atoms with van der Waals surface area (Å²) in [5.41, 5.74) is 1.32. The van der Waals surface area contributed by atoms with Gasteiger partial charge in [0.1, 0.15) is 4.88 Å². The van der Waals surface area contributed by atoms with Crippen LogP contribution in [0.15, 0.2) is 40.9 Å². The van der Waals surface area contributed by atoms with Gasteiger partial charge in [-0.05, 0) is 13.8 Å². The number of esters is 1. The molecule has 0 aliphatic carbocycles. The van der Waals surface area contributed by atoms with Gasteiger partial charge >= 0.3 is 11.9 Å². The maximum absolute atomic E-state index is 12.3. The zero-order valence-corrected chi connectivity index (χ0v) is 14.4. The van der Waals surface area contributed by atoms with E-state index in [0.717, 1.165) is 16.9 Å². The highest BCUT2D eigenvalue weighted by molar-refractivity contribution is 7.17. The van der Waals surface area contributed by atoms with E-state index in [2.05, 4.69) is 15.3 Å². The van der Waals surface area contributed by atoms with Crippen molar-refractivity contribution >= 4 is 28.3 Å². The fourth-order valence-electron chi connectivity index (χ4n) is 2.10. The van der Waals surface area contributed by atoms with Crippen LogP contribution in [0.1, 0.15) is 33.0 Å². The van der Waals surface area contributed by atoms with E-state index in [0.29, 0.717) is 16.3 Å². The van der Waals surface area contributed by atoms with Crippen molar-refractivity contribution in [1.29, 1.82) is 0 Å². The molecule has 0 saturated heterocycles. The van der Waals surface area contributed by atoms with Crippen LogP contribution in [0.2, 0.25) is 0 Å². The molecule has 1 aromatic carbocycles. The summed E-state index contributed by atoms with van der Waals surface area (Å²) in [5.74, 6) is -0.579. The number of aryl methyl sites for hydroxylation is 1. The van der Waals surface area contributed by atoms with Crippen LogP contribution in [0.4, 0.5) is 5.13 Å². The number of hydrogen-bond acceptors (Lipinski definition) is 7. The van der Waals surface area contributed by atoms with Gasteiger partial charge in [0.05, 0.1) is 18.5 Å². The summed E-state index contributed by atoms with van der Waals surface area (Å²) < 4.78 is 10.4. The Balaban J connectivity index is 1.74. The molecule has 0 aliphatic rings. The maximum Gasteiger partial charge on any atom is 0.350 e. The highest BCUT2D eigenvalue weighted by atomic mass is 32.1. The van der Waals surface area contributed by atoms with Crippen LogP contribution in [-0.4, -0.2) is 28.5 Å². The quantitative estimate of drug-likeness (QED) is 0.702. The third-order valence-corrected chi connectivity index (χ3v) is 4.29. The van der Waals surface area contributed by atoms with Crippen molar-refractivity contribution < 1.29 is 18.7 Å². The SMILES string of the molecule is CCOC(=O)c1sc(NC(=O)c2ncc(-c3ccccc3)o2)nc1C. The van der Waals surface area contributed by atoms with Gasteiger partial charge in [0.15, 0.2) is 10.9 Å². The molecular formula is C17H15N3O4S. The van der Waals surface area contributed by atoms with Gasteiger partial charge in [0, 0.05) is 5.56 Å². The number of nitrogens with zero attached hydrogens (tertiary/aromatic N) is 2. The molecule has 1 amide bonds. The first-order valence-electron chi connectivity index (χ1n) is 7.55.